The minimum absolute atomic E-state index is 0.380. The van der Waals surface area contributed by atoms with E-state index in [4.69, 9.17) is 5.73 Å². The summed E-state index contributed by atoms with van der Waals surface area (Å²) in [4.78, 5) is 0. The van der Waals surface area contributed by atoms with Crippen molar-refractivity contribution >= 4 is 0 Å². The van der Waals surface area contributed by atoms with Crippen molar-refractivity contribution in [1.29, 1.82) is 0 Å². The Bertz CT molecular complexity index is 242. The Kier molecular flexibility index (Phi) is 6.99. The first-order valence-corrected chi connectivity index (χ1v) is 7.97. The SMILES string of the molecule is CCCCCCCC=C[C@@H]1CCC(C)(C)C[C@H]1N. The van der Waals surface area contributed by atoms with E-state index in [1.807, 2.05) is 0 Å². The van der Waals surface area contributed by atoms with Crippen LogP contribution < -0.4 is 5.73 Å². The minimum Gasteiger partial charge on any atom is -0.327 e. The zero-order valence-electron chi connectivity index (χ0n) is 12.8. The molecule has 1 fully saturated rings. The highest BCUT2D eigenvalue weighted by Gasteiger charge is 2.31. The molecule has 1 nitrogen and oxygen atoms in total. The van der Waals surface area contributed by atoms with Crippen molar-refractivity contribution in [2.24, 2.45) is 17.1 Å². The van der Waals surface area contributed by atoms with Crippen LogP contribution in [0.5, 0.6) is 0 Å². The van der Waals surface area contributed by atoms with Crippen LogP contribution in [-0.4, -0.2) is 6.04 Å². The molecule has 0 heterocycles. The van der Waals surface area contributed by atoms with Crippen LogP contribution in [0.2, 0.25) is 0 Å². The third kappa shape index (κ3) is 6.04. The maximum absolute atomic E-state index is 6.28. The van der Waals surface area contributed by atoms with Crippen LogP contribution in [0.25, 0.3) is 0 Å². The number of rotatable bonds is 7. The molecule has 1 rings (SSSR count). The largest absolute Gasteiger partial charge is 0.327 e. The van der Waals surface area contributed by atoms with Gasteiger partial charge in [0.25, 0.3) is 0 Å². The van der Waals surface area contributed by atoms with Gasteiger partial charge in [0.1, 0.15) is 0 Å². The first kappa shape index (κ1) is 15.8. The molecule has 0 aromatic heterocycles. The second kappa shape index (κ2) is 7.99. The average Bonchev–Trinajstić information content (AvgIpc) is 2.29. The molecule has 106 valence electrons. The van der Waals surface area contributed by atoms with E-state index in [2.05, 4.69) is 32.9 Å². The van der Waals surface area contributed by atoms with Crippen LogP contribution in [0.1, 0.15) is 78.6 Å². The molecule has 0 saturated heterocycles. The molecule has 2 atom stereocenters. The Morgan fingerprint density at radius 3 is 2.56 bits per heavy atom. The third-order valence-electron chi connectivity index (χ3n) is 4.35. The molecule has 1 aliphatic rings. The van der Waals surface area contributed by atoms with Crippen LogP contribution in [0.15, 0.2) is 12.2 Å². The number of nitrogens with two attached hydrogens (primary N) is 1. The van der Waals surface area contributed by atoms with Crippen LogP contribution in [0.4, 0.5) is 0 Å². The minimum atomic E-state index is 0.380. The lowest BCUT2D eigenvalue weighted by Crippen LogP contribution is -2.39. The molecule has 0 spiro atoms. The summed E-state index contributed by atoms with van der Waals surface area (Å²) in [7, 11) is 0. The van der Waals surface area contributed by atoms with E-state index >= 15 is 0 Å². The second-order valence-electron chi connectivity index (χ2n) is 6.87. The maximum atomic E-state index is 6.28. The van der Waals surface area contributed by atoms with Crippen molar-refractivity contribution in [3.8, 4) is 0 Å². The Labute approximate surface area is 114 Å². The molecule has 1 saturated carbocycles. The van der Waals surface area contributed by atoms with E-state index in [0.29, 0.717) is 17.4 Å². The highest BCUT2D eigenvalue weighted by molar-refractivity contribution is 4.98. The fraction of sp³-hybridized carbons (Fsp3) is 0.882. The smallest absolute Gasteiger partial charge is 0.0107 e. The van der Waals surface area contributed by atoms with E-state index < -0.39 is 0 Å². The monoisotopic (exact) mass is 251 g/mol. The van der Waals surface area contributed by atoms with E-state index in [1.54, 1.807) is 0 Å². The van der Waals surface area contributed by atoms with Gasteiger partial charge in [-0.2, -0.15) is 0 Å². The van der Waals surface area contributed by atoms with E-state index in [0.717, 1.165) is 0 Å². The lowest BCUT2D eigenvalue weighted by Gasteiger charge is -2.37. The predicted molar refractivity (Wildman–Crippen MR) is 81.6 cm³/mol. The van der Waals surface area contributed by atoms with E-state index in [9.17, 15) is 0 Å². The molecule has 1 heteroatoms. The van der Waals surface area contributed by atoms with Crippen molar-refractivity contribution in [3.63, 3.8) is 0 Å². The van der Waals surface area contributed by atoms with E-state index in [-0.39, 0.29) is 0 Å². The van der Waals surface area contributed by atoms with Crippen molar-refractivity contribution in [1.82, 2.24) is 0 Å². The highest BCUT2D eigenvalue weighted by Crippen LogP contribution is 2.37. The maximum Gasteiger partial charge on any atom is 0.0107 e. The van der Waals surface area contributed by atoms with Gasteiger partial charge in [-0.3, -0.25) is 0 Å². The van der Waals surface area contributed by atoms with Gasteiger partial charge in [-0.1, -0.05) is 58.6 Å². The average molecular weight is 251 g/mol. The van der Waals surface area contributed by atoms with Crippen LogP contribution in [0.3, 0.4) is 0 Å². The molecule has 0 aliphatic heterocycles. The van der Waals surface area contributed by atoms with Gasteiger partial charge in [-0.25, -0.2) is 0 Å². The summed E-state index contributed by atoms with van der Waals surface area (Å²) in [5.41, 5.74) is 6.75. The Balaban J connectivity index is 2.14. The summed E-state index contributed by atoms with van der Waals surface area (Å²) >= 11 is 0. The molecular weight excluding hydrogens is 218 g/mol. The summed E-state index contributed by atoms with van der Waals surface area (Å²) in [6, 6.07) is 0.380. The molecule has 0 radical (unpaired) electrons. The lowest BCUT2D eigenvalue weighted by molar-refractivity contribution is 0.187. The second-order valence-corrected chi connectivity index (χ2v) is 6.87. The highest BCUT2D eigenvalue weighted by atomic mass is 14.7. The molecule has 2 N–H and O–H groups in total. The molecule has 18 heavy (non-hydrogen) atoms. The summed E-state index contributed by atoms with van der Waals surface area (Å²) in [5.74, 6) is 0.633. The number of unbranched alkanes of at least 4 members (excludes halogenated alkanes) is 5. The fourth-order valence-electron chi connectivity index (χ4n) is 3.04. The van der Waals surface area contributed by atoms with Crippen molar-refractivity contribution in [2.75, 3.05) is 0 Å². The topological polar surface area (TPSA) is 26.0 Å². The quantitative estimate of drug-likeness (QED) is 0.497. The number of hydrogen-bond donors (Lipinski definition) is 1. The molecule has 0 amide bonds. The van der Waals surface area contributed by atoms with Gasteiger partial charge in [0, 0.05) is 6.04 Å². The van der Waals surface area contributed by atoms with Gasteiger partial charge in [0.05, 0.1) is 0 Å². The Morgan fingerprint density at radius 1 is 1.17 bits per heavy atom. The van der Waals surface area contributed by atoms with Crippen molar-refractivity contribution in [2.45, 2.75) is 84.6 Å². The predicted octanol–water partition coefficient (Wildman–Crippen LogP) is 5.06. The summed E-state index contributed by atoms with van der Waals surface area (Å²) < 4.78 is 0. The standard InChI is InChI=1S/C17H33N/c1-4-5-6-7-8-9-10-11-15-12-13-17(2,3)14-16(15)18/h10-11,15-16H,4-9,12-14,18H2,1-3H3/t15-,16-/m1/s1. The molecule has 0 aromatic rings. The van der Waals surface area contributed by atoms with Crippen LogP contribution in [-0.2, 0) is 0 Å². The third-order valence-corrected chi connectivity index (χ3v) is 4.35. The molecule has 1 aliphatic carbocycles. The van der Waals surface area contributed by atoms with Gasteiger partial charge < -0.3 is 5.73 Å². The summed E-state index contributed by atoms with van der Waals surface area (Å²) in [6.07, 6.45) is 16.7. The zero-order chi connectivity index (χ0) is 13.4. The van der Waals surface area contributed by atoms with Gasteiger partial charge in [0.15, 0.2) is 0 Å². The molecule has 0 aromatic carbocycles. The van der Waals surface area contributed by atoms with Gasteiger partial charge in [-0.05, 0) is 43.4 Å². The van der Waals surface area contributed by atoms with Gasteiger partial charge in [0.2, 0.25) is 0 Å². The molecular formula is C17H33N. The zero-order valence-corrected chi connectivity index (χ0v) is 12.8. The Morgan fingerprint density at radius 2 is 1.89 bits per heavy atom. The van der Waals surface area contributed by atoms with Gasteiger partial charge in [-0.15, -0.1) is 0 Å². The number of allylic oxidation sites excluding steroid dienone is 1. The normalized spacial score (nSPS) is 27.8. The first-order chi connectivity index (χ1) is 8.55. The van der Waals surface area contributed by atoms with Gasteiger partial charge >= 0.3 is 0 Å². The van der Waals surface area contributed by atoms with Crippen LogP contribution in [0, 0.1) is 11.3 Å². The molecule has 0 unspecified atom stereocenters. The van der Waals surface area contributed by atoms with E-state index in [1.165, 1.54) is 57.8 Å². The fourth-order valence-corrected chi connectivity index (χ4v) is 3.04. The first-order valence-electron chi connectivity index (χ1n) is 7.97. The van der Waals surface area contributed by atoms with Crippen molar-refractivity contribution in [3.05, 3.63) is 12.2 Å². The van der Waals surface area contributed by atoms with Crippen LogP contribution >= 0.6 is 0 Å². The summed E-state index contributed by atoms with van der Waals surface area (Å²) in [5, 5.41) is 0. The summed E-state index contributed by atoms with van der Waals surface area (Å²) in [6.45, 7) is 6.97. The Hall–Kier alpha value is -0.300. The lowest BCUT2D eigenvalue weighted by atomic mass is 9.70. The number of hydrogen-bond acceptors (Lipinski definition) is 1. The molecule has 0 bridgehead atoms. The van der Waals surface area contributed by atoms with Crippen molar-refractivity contribution < 1.29 is 0 Å².